The van der Waals surface area contributed by atoms with Crippen LogP contribution >= 0.6 is 0 Å². The molecular formula is C19H21N5O3. The molecule has 0 aliphatic heterocycles. The molecule has 27 heavy (non-hydrogen) atoms. The summed E-state index contributed by atoms with van der Waals surface area (Å²) >= 11 is 0. The van der Waals surface area contributed by atoms with E-state index in [1.807, 2.05) is 35.1 Å². The van der Waals surface area contributed by atoms with Gasteiger partial charge in [-0.3, -0.25) is 4.68 Å². The van der Waals surface area contributed by atoms with E-state index in [-0.39, 0.29) is 5.69 Å². The van der Waals surface area contributed by atoms with E-state index in [0.29, 0.717) is 31.6 Å². The van der Waals surface area contributed by atoms with Gasteiger partial charge in [0.2, 0.25) is 0 Å². The number of rotatable bonds is 6. The maximum atomic E-state index is 11.9. The standard InChI is InChI=1S/C19H21N5O3/c1-27-14-6-4-13(5-7-14)24-17-12(11-21-24)3-8-15-16(17)22-23(10-2-9-20)18(15)19(25)26/h4-7,11H,2-3,8-10,20H2,1H3,(H,25,26). The molecule has 1 aliphatic carbocycles. The van der Waals surface area contributed by atoms with Crippen molar-refractivity contribution < 1.29 is 14.6 Å². The minimum Gasteiger partial charge on any atom is -0.497 e. The van der Waals surface area contributed by atoms with E-state index >= 15 is 0 Å². The van der Waals surface area contributed by atoms with Crippen LogP contribution in [0.2, 0.25) is 0 Å². The average Bonchev–Trinajstić information content (AvgIpc) is 3.27. The number of carboxylic acids is 1. The van der Waals surface area contributed by atoms with E-state index in [4.69, 9.17) is 10.5 Å². The predicted octanol–water partition coefficient (Wildman–Crippen LogP) is 1.89. The summed E-state index contributed by atoms with van der Waals surface area (Å²) in [6, 6.07) is 7.58. The fourth-order valence-electron chi connectivity index (χ4n) is 3.56. The summed E-state index contributed by atoms with van der Waals surface area (Å²) in [4.78, 5) is 11.9. The van der Waals surface area contributed by atoms with E-state index in [9.17, 15) is 9.90 Å². The van der Waals surface area contributed by atoms with Gasteiger partial charge in [0.25, 0.3) is 0 Å². The number of aromatic carboxylic acids is 1. The highest BCUT2D eigenvalue weighted by molar-refractivity contribution is 5.90. The van der Waals surface area contributed by atoms with Gasteiger partial charge in [0.15, 0.2) is 0 Å². The minimum atomic E-state index is -0.959. The van der Waals surface area contributed by atoms with Crippen molar-refractivity contribution in [2.75, 3.05) is 13.7 Å². The third-order valence-electron chi connectivity index (χ3n) is 4.86. The van der Waals surface area contributed by atoms with Crippen LogP contribution in [-0.2, 0) is 19.4 Å². The summed E-state index contributed by atoms with van der Waals surface area (Å²) in [5.74, 6) is -0.195. The van der Waals surface area contributed by atoms with Gasteiger partial charge in [0.1, 0.15) is 17.1 Å². The second kappa shape index (κ2) is 6.88. The Bertz CT molecular complexity index is 988. The van der Waals surface area contributed by atoms with Crippen LogP contribution in [0.3, 0.4) is 0 Å². The van der Waals surface area contributed by atoms with Crippen LogP contribution in [0.15, 0.2) is 30.5 Å². The topological polar surface area (TPSA) is 108 Å². The van der Waals surface area contributed by atoms with Crippen molar-refractivity contribution in [1.29, 1.82) is 0 Å². The number of carbonyl (C=O) groups is 1. The summed E-state index contributed by atoms with van der Waals surface area (Å²) in [7, 11) is 1.62. The van der Waals surface area contributed by atoms with Gasteiger partial charge >= 0.3 is 5.97 Å². The van der Waals surface area contributed by atoms with Gasteiger partial charge in [-0.15, -0.1) is 0 Å². The van der Waals surface area contributed by atoms with E-state index in [1.165, 1.54) is 0 Å². The SMILES string of the molecule is COc1ccc(-n2ncc3c2-c2nn(CCCN)c(C(=O)O)c2CC3)cc1. The summed E-state index contributed by atoms with van der Waals surface area (Å²) in [5.41, 5.74) is 10.1. The Morgan fingerprint density at radius 3 is 2.74 bits per heavy atom. The molecule has 0 radical (unpaired) electrons. The smallest absolute Gasteiger partial charge is 0.354 e. The molecule has 2 aromatic heterocycles. The number of nitrogens with zero attached hydrogens (tertiary/aromatic N) is 4. The van der Waals surface area contributed by atoms with Crippen molar-refractivity contribution in [3.8, 4) is 22.8 Å². The quantitative estimate of drug-likeness (QED) is 0.689. The van der Waals surface area contributed by atoms with Crippen LogP contribution in [0.4, 0.5) is 0 Å². The Hall–Kier alpha value is -3.13. The van der Waals surface area contributed by atoms with Crippen molar-refractivity contribution in [3.05, 3.63) is 47.3 Å². The molecule has 3 N–H and O–H groups in total. The maximum Gasteiger partial charge on any atom is 0.354 e. The fraction of sp³-hybridized carbons (Fsp3) is 0.316. The third kappa shape index (κ3) is 2.87. The molecule has 3 aromatic rings. The molecule has 2 heterocycles. The van der Waals surface area contributed by atoms with Crippen LogP contribution in [-0.4, -0.2) is 44.3 Å². The van der Waals surface area contributed by atoms with Gasteiger partial charge < -0.3 is 15.6 Å². The van der Waals surface area contributed by atoms with Gasteiger partial charge in [0, 0.05) is 17.7 Å². The van der Waals surface area contributed by atoms with E-state index < -0.39 is 5.97 Å². The summed E-state index contributed by atoms with van der Waals surface area (Å²) in [6.45, 7) is 0.968. The number of carboxylic acid groups (broad SMARTS) is 1. The van der Waals surface area contributed by atoms with Gasteiger partial charge in [-0.05, 0) is 50.1 Å². The Morgan fingerprint density at radius 1 is 1.30 bits per heavy atom. The van der Waals surface area contributed by atoms with Crippen molar-refractivity contribution in [2.45, 2.75) is 25.8 Å². The lowest BCUT2D eigenvalue weighted by Gasteiger charge is -2.14. The number of hydrogen-bond acceptors (Lipinski definition) is 5. The Labute approximate surface area is 156 Å². The number of aromatic nitrogens is 4. The lowest BCUT2D eigenvalue weighted by atomic mass is 9.94. The number of aryl methyl sites for hydroxylation is 2. The first-order valence-electron chi connectivity index (χ1n) is 8.88. The Balaban J connectivity index is 1.85. The maximum absolute atomic E-state index is 11.9. The summed E-state index contributed by atoms with van der Waals surface area (Å²) in [5, 5.41) is 18.9. The molecule has 0 saturated heterocycles. The zero-order chi connectivity index (χ0) is 19.0. The lowest BCUT2D eigenvalue weighted by molar-refractivity contribution is 0.0681. The Morgan fingerprint density at radius 2 is 2.07 bits per heavy atom. The number of fused-ring (bicyclic) bond motifs is 3. The van der Waals surface area contributed by atoms with Crippen LogP contribution in [0, 0.1) is 0 Å². The normalized spacial score (nSPS) is 12.5. The second-order valence-corrected chi connectivity index (χ2v) is 6.47. The monoisotopic (exact) mass is 367 g/mol. The highest BCUT2D eigenvalue weighted by Gasteiger charge is 2.31. The predicted molar refractivity (Wildman–Crippen MR) is 99.4 cm³/mol. The molecule has 140 valence electrons. The highest BCUT2D eigenvalue weighted by Crippen LogP contribution is 2.36. The zero-order valence-corrected chi connectivity index (χ0v) is 15.1. The number of nitrogens with two attached hydrogens (primary N) is 1. The van der Waals surface area contributed by atoms with Crippen molar-refractivity contribution in [3.63, 3.8) is 0 Å². The minimum absolute atomic E-state index is 0.256. The van der Waals surface area contributed by atoms with Gasteiger partial charge in [-0.2, -0.15) is 10.2 Å². The molecular weight excluding hydrogens is 346 g/mol. The molecule has 0 spiro atoms. The van der Waals surface area contributed by atoms with Gasteiger partial charge in [-0.25, -0.2) is 9.48 Å². The molecule has 8 heteroatoms. The van der Waals surface area contributed by atoms with Crippen LogP contribution in [0.25, 0.3) is 17.1 Å². The fourth-order valence-corrected chi connectivity index (χ4v) is 3.56. The van der Waals surface area contributed by atoms with Crippen molar-refractivity contribution in [2.24, 2.45) is 5.73 Å². The molecule has 1 aliphatic rings. The molecule has 1 aromatic carbocycles. The average molecular weight is 367 g/mol. The molecule has 4 rings (SSSR count). The van der Waals surface area contributed by atoms with E-state index in [2.05, 4.69) is 10.2 Å². The first kappa shape index (κ1) is 17.3. The van der Waals surface area contributed by atoms with E-state index in [1.54, 1.807) is 11.8 Å². The summed E-state index contributed by atoms with van der Waals surface area (Å²) in [6.07, 6.45) is 3.88. The number of ether oxygens (including phenoxy) is 1. The number of methoxy groups -OCH3 is 1. The molecule has 0 amide bonds. The number of hydrogen-bond donors (Lipinski definition) is 2. The molecule has 0 atom stereocenters. The zero-order valence-electron chi connectivity index (χ0n) is 15.1. The third-order valence-corrected chi connectivity index (χ3v) is 4.86. The summed E-state index contributed by atoms with van der Waals surface area (Å²) < 4.78 is 8.61. The van der Waals surface area contributed by atoms with Crippen molar-refractivity contribution >= 4 is 5.97 Å². The van der Waals surface area contributed by atoms with Gasteiger partial charge in [0.05, 0.1) is 24.7 Å². The van der Waals surface area contributed by atoms with Crippen LogP contribution < -0.4 is 10.5 Å². The number of benzene rings is 1. The Kier molecular flexibility index (Phi) is 4.41. The molecule has 0 fully saturated rings. The van der Waals surface area contributed by atoms with Gasteiger partial charge in [-0.1, -0.05) is 0 Å². The van der Waals surface area contributed by atoms with Crippen LogP contribution in [0.5, 0.6) is 5.75 Å². The first-order valence-corrected chi connectivity index (χ1v) is 8.88. The van der Waals surface area contributed by atoms with Crippen LogP contribution in [0.1, 0.15) is 28.0 Å². The molecule has 0 unspecified atom stereocenters. The molecule has 0 saturated carbocycles. The highest BCUT2D eigenvalue weighted by atomic mass is 16.5. The first-order chi connectivity index (χ1) is 13.1. The molecule has 0 bridgehead atoms. The van der Waals surface area contributed by atoms with Crippen molar-refractivity contribution in [1.82, 2.24) is 19.6 Å². The second-order valence-electron chi connectivity index (χ2n) is 6.47. The molecule has 8 nitrogen and oxygen atoms in total. The lowest BCUT2D eigenvalue weighted by Crippen LogP contribution is -2.14. The van der Waals surface area contributed by atoms with E-state index in [0.717, 1.165) is 34.7 Å². The largest absolute Gasteiger partial charge is 0.497 e.